The highest BCUT2D eigenvalue weighted by Crippen LogP contribution is 2.69. The normalized spacial score (nSPS) is 50.1. The largest absolute Gasteiger partial charge is 0.506 e. The number of fused-ring (bicyclic) bond motifs is 5. The average Bonchev–Trinajstić information content (AvgIpc) is 3.03. The first-order chi connectivity index (χ1) is 16.7. The number of carbonyl (C=O) groups is 1. The Morgan fingerprint density at radius 1 is 1.00 bits per heavy atom. The molecule has 13 atom stereocenters. The molecule has 0 heterocycles. The van der Waals surface area contributed by atoms with E-state index in [1.165, 1.54) is 0 Å². The smallest absolute Gasteiger partial charge is 0.450 e. The van der Waals surface area contributed by atoms with Crippen LogP contribution in [0.3, 0.4) is 0 Å². The highest BCUT2D eigenvalue weighted by Gasteiger charge is 2.71. The second-order valence-electron chi connectivity index (χ2n) is 14.0. The number of aliphatic hydroxyl groups excluding tert-OH is 3. The molecular formula is C29H50O7. The van der Waals surface area contributed by atoms with Crippen molar-refractivity contribution in [3.05, 3.63) is 0 Å². The minimum Gasteiger partial charge on any atom is -0.450 e. The summed E-state index contributed by atoms with van der Waals surface area (Å²) in [6.45, 7) is 13.2. The van der Waals surface area contributed by atoms with Crippen LogP contribution in [0.2, 0.25) is 0 Å². The Balaban J connectivity index is 1.70. The number of hydrogen-bond donors (Lipinski definition) is 5. The average molecular weight is 511 g/mol. The van der Waals surface area contributed by atoms with Crippen molar-refractivity contribution in [1.82, 2.24) is 0 Å². The third kappa shape index (κ3) is 4.30. The van der Waals surface area contributed by atoms with Gasteiger partial charge in [-0.2, -0.15) is 0 Å². The molecule has 0 aromatic heterocycles. The van der Waals surface area contributed by atoms with Crippen LogP contribution in [0.15, 0.2) is 0 Å². The van der Waals surface area contributed by atoms with E-state index in [4.69, 9.17) is 4.74 Å². The van der Waals surface area contributed by atoms with Gasteiger partial charge in [-0.05, 0) is 73.0 Å². The molecule has 0 amide bonds. The summed E-state index contributed by atoms with van der Waals surface area (Å²) < 4.78 is 5.63. The maximum Gasteiger partial charge on any atom is 0.506 e. The molecule has 4 aliphatic rings. The maximum absolute atomic E-state index is 11.9. The lowest BCUT2D eigenvalue weighted by Gasteiger charge is -2.66. The molecular weight excluding hydrogens is 460 g/mol. The van der Waals surface area contributed by atoms with Gasteiger partial charge in [0.15, 0.2) is 0 Å². The molecule has 0 aromatic carbocycles. The number of aliphatic hydroxyl groups is 4. The number of carboxylic acid groups (broad SMARTS) is 1. The van der Waals surface area contributed by atoms with E-state index in [1.807, 2.05) is 6.92 Å². The molecule has 4 aliphatic carbocycles. The summed E-state index contributed by atoms with van der Waals surface area (Å²) in [5, 5.41) is 54.7. The predicted octanol–water partition coefficient (Wildman–Crippen LogP) is 4.44. The minimum atomic E-state index is -1.51. The van der Waals surface area contributed by atoms with Crippen LogP contribution >= 0.6 is 0 Å². The lowest BCUT2D eigenvalue weighted by atomic mass is 9.41. The fourth-order valence-corrected chi connectivity index (χ4v) is 9.65. The lowest BCUT2D eigenvalue weighted by Crippen LogP contribution is -2.71. The third-order valence-corrected chi connectivity index (χ3v) is 12.0. The highest BCUT2D eigenvalue weighted by atomic mass is 16.7. The molecule has 0 radical (unpaired) electrons. The topological polar surface area (TPSA) is 127 Å². The lowest BCUT2D eigenvalue weighted by molar-refractivity contribution is -0.286. The van der Waals surface area contributed by atoms with Crippen molar-refractivity contribution in [3.8, 4) is 0 Å². The van der Waals surface area contributed by atoms with E-state index in [-0.39, 0.29) is 41.9 Å². The molecule has 13 unspecified atom stereocenters. The summed E-state index contributed by atoms with van der Waals surface area (Å²) >= 11 is 0. The van der Waals surface area contributed by atoms with Gasteiger partial charge in [-0.25, -0.2) is 4.79 Å². The van der Waals surface area contributed by atoms with Crippen LogP contribution in [0.4, 0.5) is 4.79 Å². The number of rotatable bonds is 6. The van der Waals surface area contributed by atoms with E-state index in [9.17, 15) is 30.3 Å². The molecule has 208 valence electrons. The molecule has 4 rings (SSSR count). The van der Waals surface area contributed by atoms with Gasteiger partial charge < -0.3 is 30.3 Å². The SMILES string of the molecule is CC(C)C(C)CCC(C)C1CC(O)C2C3CC(O)C4(O)CC(O)CCC4(C)C3C(OC(=O)O)CC12C. The van der Waals surface area contributed by atoms with Crippen molar-refractivity contribution < 1.29 is 35.1 Å². The zero-order valence-electron chi connectivity index (χ0n) is 23.1. The van der Waals surface area contributed by atoms with Gasteiger partial charge in [0.1, 0.15) is 6.10 Å². The molecule has 36 heavy (non-hydrogen) atoms. The molecule has 0 aromatic rings. The Labute approximate surface area is 216 Å². The fraction of sp³-hybridized carbons (Fsp3) is 0.966. The second kappa shape index (κ2) is 9.69. The van der Waals surface area contributed by atoms with E-state index in [0.29, 0.717) is 43.4 Å². The summed E-state index contributed by atoms with van der Waals surface area (Å²) in [5.41, 5.74) is -2.64. The van der Waals surface area contributed by atoms with E-state index in [0.717, 1.165) is 12.8 Å². The van der Waals surface area contributed by atoms with E-state index in [2.05, 4.69) is 34.6 Å². The highest BCUT2D eigenvalue weighted by molar-refractivity contribution is 5.57. The molecule has 5 N–H and O–H groups in total. The number of hydrogen-bond acceptors (Lipinski definition) is 6. The van der Waals surface area contributed by atoms with Crippen molar-refractivity contribution in [2.24, 2.45) is 52.3 Å². The van der Waals surface area contributed by atoms with Crippen LogP contribution < -0.4 is 0 Å². The Hall–Kier alpha value is -0.890. The standard InChI is InChI=1S/C29H50O7/c1-15(2)16(3)7-8-17(4)20-12-21(31)24-19-11-23(32)29(35)13-18(30)9-10-28(29,6)25(19)22(36-26(33)34)14-27(20,24)5/h15-25,30-32,35H,7-14H2,1-6H3,(H,33,34). The van der Waals surface area contributed by atoms with Crippen LogP contribution in [0.5, 0.6) is 0 Å². The molecule has 0 spiro atoms. The van der Waals surface area contributed by atoms with Crippen LogP contribution in [-0.4, -0.2) is 61.7 Å². The summed E-state index contributed by atoms with van der Waals surface area (Å²) in [7, 11) is 0. The zero-order chi connectivity index (χ0) is 26.8. The molecule has 0 bridgehead atoms. The van der Waals surface area contributed by atoms with Gasteiger partial charge in [-0.15, -0.1) is 0 Å². The van der Waals surface area contributed by atoms with Gasteiger partial charge in [-0.3, -0.25) is 0 Å². The van der Waals surface area contributed by atoms with Crippen LogP contribution in [0, 0.1) is 52.3 Å². The second-order valence-corrected chi connectivity index (χ2v) is 14.0. The summed E-state index contributed by atoms with van der Waals surface area (Å²) in [6.07, 6.45) is 0.512. The zero-order valence-corrected chi connectivity index (χ0v) is 23.1. The van der Waals surface area contributed by atoms with Gasteiger partial charge in [0.05, 0.1) is 23.9 Å². The van der Waals surface area contributed by atoms with E-state index in [1.54, 1.807) is 0 Å². The Kier molecular flexibility index (Phi) is 7.57. The van der Waals surface area contributed by atoms with Crippen molar-refractivity contribution in [2.75, 3.05) is 0 Å². The monoisotopic (exact) mass is 510 g/mol. The molecule has 0 saturated heterocycles. The molecule has 0 aliphatic heterocycles. The molecule has 4 saturated carbocycles. The van der Waals surface area contributed by atoms with Crippen LogP contribution in [0.1, 0.15) is 92.9 Å². The minimum absolute atomic E-state index is 0.0753. The van der Waals surface area contributed by atoms with Crippen molar-refractivity contribution in [1.29, 1.82) is 0 Å². The number of ether oxygens (including phenoxy) is 1. The van der Waals surface area contributed by atoms with Gasteiger partial charge in [0, 0.05) is 17.8 Å². The van der Waals surface area contributed by atoms with Crippen molar-refractivity contribution >= 4 is 6.16 Å². The first-order valence-electron chi connectivity index (χ1n) is 14.3. The quantitative estimate of drug-likeness (QED) is 0.334. The van der Waals surface area contributed by atoms with Crippen molar-refractivity contribution in [3.63, 3.8) is 0 Å². The first kappa shape index (κ1) is 28.1. The fourth-order valence-electron chi connectivity index (χ4n) is 9.65. The third-order valence-electron chi connectivity index (χ3n) is 12.0. The Morgan fingerprint density at radius 3 is 2.28 bits per heavy atom. The van der Waals surface area contributed by atoms with Gasteiger partial charge in [-0.1, -0.05) is 54.4 Å². The predicted molar refractivity (Wildman–Crippen MR) is 136 cm³/mol. The summed E-state index contributed by atoms with van der Waals surface area (Å²) in [5.74, 6) is 1.28. The van der Waals surface area contributed by atoms with Crippen LogP contribution in [0.25, 0.3) is 0 Å². The van der Waals surface area contributed by atoms with Crippen molar-refractivity contribution in [2.45, 2.75) is 123 Å². The molecule has 7 nitrogen and oxygen atoms in total. The molecule has 4 fully saturated rings. The van der Waals surface area contributed by atoms with Gasteiger partial charge in [0.25, 0.3) is 0 Å². The first-order valence-corrected chi connectivity index (χ1v) is 14.3. The van der Waals surface area contributed by atoms with Gasteiger partial charge in [0.2, 0.25) is 0 Å². The van der Waals surface area contributed by atoms with Gasteiger partial charge >= 0.3 is 6.16 Å². The van der Waals surface area contributed by atoms with E-state index < -0.39 is 41.6 Å². The Morgan fingerprint density at radius 2 is 1.67 bits per heavy atom. The summed E-state index contributed by atoms with van der Waals surface area (Å²) in [6, 6.07) is 0. The Bertz CT molecular complexity index is 817. The molecule has 7 heteroatoms. The van der Waals surface area contributed by atoms with E-state index >= 15 is 0 Å². The maximum atomic E-state index is 11.9. The van der Waals surface area contributed by atoms with Crippen LogP contribution in [-0.2, 0) is 4.74 Å². The summed E-state index contributed by atoms with van der Waals surface area (Å²) in [4.78, 5) is 11.9.